The number of hydrogen-bond acceptors (Lipinski definition) is 8. The second-order valence-electron chi connectivity index (χ2n) is 12.6. The number of hydrogen-bond donors (Lipinski definition) is 3. The van der Waals surface area contributed by atoms with E-state index in [4.69, 9.17) is 20.3 Å². The number of carbonyl (C=O) groups excluding carboxylic acids is 3. The van der Waals surface area contributed by atoms with Crippen LogP contribution in [0.5, 0.6) is 0 Å². The van der Waals surface area contributed by atoms with Crippen molar-refractivity contribution < 1.29 is 33.8 Å². The molecule has 10 heteroatoms. The van der Waals surface area contributed by atoms with Crippen LogP contribution >= 0.6 is 11.8 Å². The van der Waals surface area contributed by atoms with E-state index >= 15 is 0 Å². The van der Waals surface area contributed by atoms with Crippen molar-refractivity contribution in [1.82, 2.24) is 5.32 Å². The van der Waals surface area contributed by atoms with Gasteiger partial charge in [-0.05, 0) is 25.7 Å². The van der Waals surface area contributed by atoms with Gasteiger partial charge in [-0.15, -0.1) is 0 Å². The molecule has 9 nitrogen and oxygen atoms in total. The number of nitrogens with one attached hydrogen (secondary N) is 1. The Morgan fingerprint density at radius 1 is 0.630 bits per heavy atom. The summed E-state index contributed by atoms with van der Waals surface area (Å²) < 4.78 is 11.2. The number of esters is 2. The molecule has 2 atom stereocenters. The van der Waals surface area contributed by atoms with Crippen LogP contribution in [0.3, 0.4) is 0 Å². The number of carboxylic acids is 1. The SMILES string of the molecule is CCCCCCCCCCCC(=O)OC[C@H](CSC[C@H](N)C(=O)NCCCCCC(=O)O)OC(=O)CCCCCCCCCCC. The highest BCUT2D eigenvalue weighted by Crippen LogP contribution is 2.14. The maximum absolute atomic E-state index is 12.6. The first kappa shape index (κ1) is 44.2. The lowest BCUT2D eigenvalue weighted by molar-refractivity contribution is -0.157. The highest BCUT2D eigenvalue weighted by atomic mass is 32.2. The minimum absolute atomic E-state index is 0.00450. The van der Waals surface area contributed by atoms with E-state index in [9.17, 15) is 19.2 Å². The predicted molar refractivity (Wildman–Crippen MR) is 189 cm³/mol. The average molecular weight is 673 g/mol. The molecule has 4 N–H and O–H groups in total. The first-order valence-corrected chi connectivity index (χ1v) is 19.6. The fourth-order valence-corrected chi connectivity index (χ4v) is 6.07. The fourth-order valence-electron chi connectivity index (χ4n) is 5.10. The van der Waals surface area contributed by atoms with Gasteiger partial charge in [0.1, 0.15) is 12.7 Å². The van der Waals surface area contributed by atoms with Crippen molar-refractivity contribution in [2.75, 3.05) is 24.7 Å². The largest absolute Gasteiger partial charge is 0.481 e. The van der Waals surface area contributed by atoms with Crippen molar-refractivity contribution in [2.45, 2.75) is 180 Å². The third-order valence-corrected chi connectivity index (χ3v) is 9.20. The number of carboxylic acid groups (broad SMARTS) is 1. The molecule has 0 saturated carbocycles. The number of amides is 1. The zero-order valence-electron chi connectivity index (χ0n) is 29.3. The van der Waals surface area contributed by atoms with E-state index in [0.717, 1.165) is 44.9 Å². The van der Waals surface area contributed by atoms with E-state index < -0.39 is 18.1 Å². The molecule has 0 unspecified atom stereocenters. The van der Waals surface area contributed by atoms with Gasteiger partial charge in [-0.2, -0.15) is 11.8 Å². The molecular formula is C36H68N2O7S. The van der Waals surface area contributed by atoms with Crippen molar-refractivity contribution in [2.24, 2.45) is 5.73 Å². The lowest BCUT2D eigenvalue weighted by atomic mass is 10.1. The lowest BCUT2D eigenvalue weighted by Crippen LogP contribution is -2.43. The molecule has 0 aliphatic heterocycles. The van der Waals surface area contributed by atoms with E-state index in [1.54, 1.807) is 0 Å². The average Bonchev–Trinajstić information content (AvgIpc) is 3.03. The number of thioether (sulfide) groups is 1. The van der Waals surface area contributed by atoms with Crippen molar-refractivity contribution in [3.63, 3.8) is 0 Å². The molecule has 1 amide bonds. The topological polar surface area (TPSA) is 145 Å². The van der Waals surface area contributed by atoms with Crippen LogP contribution in [0, 0.1) is 0 Å². The predicted octanol–water partition coefficient (Wildman–Crippen LogP) is 8.10. The molecule has 0 spiro atoms. The summed E-state index contributed by atoms with van der Waals surface area (Å²) in [6, 6.07) is -0.725. The Morgan fingerprint density at radius 2 is 1.09 bits per heavy atom. The van der Waals surface area contributed by atoms with Crippen molar-refractivity contribution >= 4 is 35.6 Å². The number of carbonyl (C=O) groups is 4. The van der Waals surface area contributed by atoms with Crippen LogP contribution in [0.1, 0.15) is 168 Å². The smallest absolute Gasteiger partial charge is 0.306 e. The Morgan fingerprint density at radius 3 is 1.61 bits per heavy atom. The molecule has 0 rings (SSSR count). The zero-order chi connectivity index (χ0) is 34.1. The Balaban J connectivity index is 4.47. The number of ether oxygens (including phenoxy) is 2. The van der Waals surface area contributed by atoms with Crippen LogP contribution in [0.2, 0.25) is 0 Å². The summed E-state index contributed by atoms with van der Waals surface area (Å²) in [5.74, 6) is -0.920. The van der Waals surface area contributed by atoms with Crippen molar-refractivity contribution in [3.05, 3.63) is 0 Å². The molecule has 270 valence electrons. The summed E-state index contributed by atoms with van der Waals surface area (Å²) >= 11 is 1.40. The van der Waals surface area contributed by atoms with Gasteiger partial charge in [-0.25, -0.2) is 0 Å². The highest BCUT2D eigenvalue weighted by Gasteiger charge is 2.19. The van der Waals surface area contributed by atoms with E-state index in [-0.39, 0.29) is 30.9 Å². The maximum atomic E-state index is 12.6. The van der Waals surface area contributed by atoms with Crippen molar-refractivity contribution in [3.8, 4) is 0 Å². The second-order valence-corrected chi connectivity index (χ2v) is 13.7. The van der Waals surface area contributed by atoms with E-state index in [1.165, 1.54) is 88.8 Å². The highest BCUT2D eigenvalue weighted by molar-refractivity contribution is 7.99. The number of nitrogens with two attached hydrogens (primary N) is 1. The molecule has 0 bridgehead atoms. The number of aliphatic carboxylic acids is 1. The quantitative estimate of drug-likeness (QED) is 0.0456. The van der Waals surface area contributed by atoms with Crippen LogP contribution < -0.4 is 11.1 Å². The summed E-state index contributed by atoms with van der Waals surface area (Å²) in [6.07, 6.45) is 23.3. The molecule has 0 aliphatic rings. The van der Waals surface area contributed by atoms with Gasteiger partial charge >= 0.3 is 17.9 Å². The van der Waals surface area contributed by atoms with Gasteiger partial charge in [0.05, 0.1) is 6.04 Å². The monoisotopic (exact) mass is 672 g/mol. The third kappa shape index (κ3) is 30.8. The molecule has 0 aromatic heterocycles. The summed E-state index contributed by atoms with van der Waals surface area (Å²) in [4.78, 5) is 47.9. The first-order chi connectivity index (χ1) is 22.3. The maximum Gasteiger partial charge on any atom is 0.306 e. The van der Waals surface area contributed by atoms with Gasteiger partial charge in [0.25, 0.3) is 0 Å². The van der Waals surface area contributed by atoms with Crippen LogP contribution in [-0.4, -0.2) is 65.7 Å². The van der Waals surface area contributed by atoms with Gasteiger partial charge in [-0.1, -0.05) is 123 Å². The summed E-state index contributed by atoms with van der Waals surface area (Å²) in [6.45, 7) is 4.89. The molecule has 0 saturated heterocycles. The molecule has 0 aromatic carbocycles. The van der Waals surface area contributed by atoms with Crippen LogP contribution in [-0.2, 0) is 28.7 Å². The summed E-state index contributed by atoms with van der Waals surface area (Å²) in [7, 11) is 0. The second kappa shape index (κ2) is 33.1. The Kier molecular flexibility index (Phi) is 31.8. The molecule has 0 fully saturated rings. The molecular weight excluding hydrogens is 604 g/mol. The minimum Gasteiger partial charge on any atom is -0.481 e. The summed E-state index contributed by atoms with van der Waals surface area (Å²) in [5.41, 5.74) is 6.06. The first-order valence-electron chi connectivity index (χ1n) is 18.5. The molecule has 0 radical (unpaired) electrons. The van der Waals surface area contributed by atoms with Crippen molar-refractivity contribution in [1.29, 1.82) is 0 Å². The number of unbranched alkanes of at least 4 members (excludes halogenated alkanes) is 18. The minimum atomic E-state index is -0.816. The number of rotatable bonds is 34. The summed E-state index contributed by atoms with van der Waals surface area (Å²) in [5, 5.41) is 11.5. The molecule has 46 heavy (non-hydrogen) atoms. The van der Waals surface area contributed by atoms with Gasteiger partial charge in [0.2, 0.25) is 5.91 Å². The van der Waals surface area contributed by atoms with E-state index in [2.05, 4.69) is 19.2 Å². The van der Waals surface area contributed by atoms with Gasteiger partial charge in [0.15, 0.2) is 0 Å². The van der Waals surface area contributed by atoms with E-state index in [1.807, 2.05) is 0 Å². The van der Waals surface area contributed by atoms with E-state index in [0.29, 0.717) is 43.7 Å². The lowest BCUT2D eigenvalue weighted by Gasteiger charge is -2.19. The van der Waals surface area contributed by atoms with Gasteiger partial charge in [-0.3, -0.25) is 19.2 Å². The Bertz CT molecular complexity index is 769. The standard InChI is InChI=1S/C36H68N2O7S/c1-3-5-7-9-11-13-15-17-21-25-34(41)44-28-31(45-35(42)26-22-18-16-14-12-10-8-6-4-2)29-46-30-32(37)36(43)38-27-23-19-20-24-33(39)40/h31-32H,3-30,37H2,1-2H3,(H,38,43)(H,39,40)/t31-,32+/m1/s1. The molecule has 0 aromatic rings. The van der Waals surface area contributed by atoms with Gasteiger partial charge < -0.3 is 25.6 Å². The van der Waals surface area contributed by atoms with Crippen LogP contribution in [0.4, 0.5) is 0 Å². The molecule has 0 aliphatic carbocycles. The van der Waals surface area contributed by atoms with Crippen LogP contribution in [0.15, 0.2) is 0 Å². The Hall–Kier alpha value is -1.81. The Labute approximate surface area is 284 Å². The third-order valence-electron chi connectivity index (χ3n) is 8.00. The normalized spacial score (nSPS) is 12.4. The fraction of sp³-hybridized carbons (Fsp3) is 0.889. The van der Waals surface area contributed by atoms with Crippen LogP contribution in [0.25, 0.3) is 0 Å². The molecule has 0 heterocycles. The van der Waals surface area contributed by atoms with Gasteiger partial charge in [0, 0.05) is 37.3 Å². The zero-order valence-corrected chi connectivity index (χ0v) is 30.2.